The van der Waals surface area contributed by atoms with E-state index in [2.05, 4.69) is 17.1 Å². The summed E-state index contributed by atoms with van der Waals surface area (Å²) in [5.41, 5.74) is 0.197. The number of halogens is 3. The standard InChI is InChI=1S/C13H25F3N2/c1-11(5-4-6-13(14,15)16)18-9-7-12(2,17-3)8-10-18/h11,17H,4-10H2,1-3H3. The van der Waals surface area contributed by atoms with Gasteiger partial charge in [0.1, 0.15) is 0 Å². The smallest absolute Gasteiger partial charge is 0.314 e. The number of nitrogens with zero attached hydrogens (tertiary/aromatic N) is 1. The lowest BCUT2D eigenvalue weighted by atomic mass is 9.89. The minimum atomic E-state index is -4.01. The van der Waals surface area contributed by atoms with Crippen molar-refractivity contribution in [3.8, 4) is 0 Å². The molecule has 2 nitrogen and oxygen atoms in total. The van der Waals surface area contributed by atoms with E-state index in [4.69, 9.17) is 0 Å². The molecule has 0 aromatic carbocycles. The molecule has 0 radical (unpaired) electrons. The fraction of sp³-hybridized carbons (Fsp3) is 1.00. The second-order valence-electron chi connectivity index (χ2n) is 5.70. The lowest BCUT2D eigenvalue weighted by Crippen LogP contribution is -2.51. The van der Waals surface area contributed by atoms with Crippen molar-refractivity contribution < 1.29 is 13.2 Å². The molecule has 0 spiro atoms. The van der Waals surface area contributed by atoms with Gasteiger partial charge in [-0.15, -0.1) is 0 Å². The molecule has 0 aromatic rings. The van der Waals surface area contributed by atoms with Gasteiger partial charge in [0.15, 0.2) is 0 Å². The predicted molar refractivity (Wildman–Crippen MR) is 67.6 cm³/mol. The van der Waals surface area contributed by atoms with Crippen LogP contribution >= 0.6 is 0 Å². The van der Waals surface area contributed by atoms with Crippen LogP contribution in [0.5, 0.6) is 0 Å². The molecule has 108 valence electrons. The first-order valence-electron chi connectivity index (χ1n) is 6.75. The maximum Gasteiger partial charge on any atom is 0.389 e. The molecule has 1 fully saturated rings. The van der Waals surface area contributed by atoms with Gasteiger partial charge in [0.25, 0.3) is 0 Å². The van der Waals surface area contributed by atoms with Crippen LogP contribution in [0.3, 0.4) is 0 Å². The Morgan fingerprint density at radius 1 is 1.28 bits per heavy atom. The third-order valence-corrected chi connectivity index (χ3v) is 4.21. The molecule has 1 atom stereocenters. The summed E-state index contributed by atoms with van der Waals surface area (Å²) in [5, 5.41) is 3.33. The Hall–Kier alpha value is -0.290. The van der Waals surface area contributed by atoms with E-state index in [0.717, 1.165) is 25.9 Å². The summed E-state index contributed by atoms with van der Waals surface area (Å²) >= 11 is 0. The van der Waals surface area contributed by atoms with Gasteiger partial charge in [-0.2, -0.15) is 13.2 Å². The van der Waals surface area contributed by atoms with Crippen LogP contribution in [-0.4, -0.2) is 42.8 Å². The van der Waals surface area contributed by atoms with E-state index in [1.807, 2.05) is 14.0 Å². The van der Waals surface area contributed by atoms with Crippen molar-refractivity contribution in [2.75, 3.05) is 20.1 Å². The molecule has 1 rings (SSSR count). The summed E-state index contributed by atoms with van der Waals surface area (Å²) in [5.74, 6) is 0. The van der Waals surface area contributed by atoms with E-state index in [0.29, 0.717) is 6.42 Å². The molecule has 0 bridgehead atoms. The Kier molecular flexibility index (Phi) is 5.46. The van der Waals surface area contributed by atoms with Gasteiger partial charge in [-0.05, 0) is 46.6 Å². The van der Waals surface area contributed by atoms with E-state index >= 15 is 0 Å². The molecule has 0 amide bonds. The predicted octanol–water partition coefficient (Wildman–Crippen LogP) is 3.18. The van der Waals surface area contributed by atoms with Gasteiger partial charge in [-0.1, -0.05) is 0 Å². The van der Waals surface area contributed by atoms with Gasteiger partial charge in [-0.3, -0.25) is 0 Å². The summed E-state index contributed by atoms with van der Waals surface area (Å²) in [4.78, 5) is 2.31. The first-order chi connectivity index (χ1) is 8.26. The summed E-state index contributed by atoms with van der Waals surface area (Å²) < 4.78 is 36.2. The molecule has 1 heterocycles. The zero-order valence-electron chi connectivity index (χ0n) is 11.6. The van der Waals surface area contributed by atoms with Crippen LogP contribution in [0.25, 0.3) is 0 Å². The average Bonchev–Trinajstić information content (AvgIpc) is 2.28. The molecule has 1 aliphatic rings. The van der Waals surface area contributed by atoms with Crippen LogP contribution < -0.4 is 5.32 Å². The average molecular weight is 266 g/mol. The minimum absolute atomic E-state index is 0.197. The van der Waals surface area contributed by atoms with E-state index in [1.165, 1.54) is 0 Å². The molecule has 1 N–H and O–H groups in total. The molecule has 0 aliphatic carbocycles. The number of nitrogens with one attached hydrogen (secondary N) is 1. The topological polar surface area (TPSA) is 15.3 Å². The Morgan fingerprint density at radius 2 is 1.83 bits per heavy atom. The van der Waals surface area contributed by atoms with Crippen LogP contribution in [0.2, 0.25) is 0 Å². The van der Waals surface area contributed by atoms with Crippen LogP contribution in [-0.2, 0) is 0 Å². The number of piperidine rings is 1. The zero-order valence-corrected chi connectivity index (χ0v) is 11.6. The van der Waals surface area contributed by atoms with Gasteiger partial charge < -0.3 is 10.2 Å². The van der Waals surface area contributed by atoms with Crippen molar-refractivity contribution in [2.45, 2.75) is 63.7 Å². The number of hydrogen-bond acceptors (Lipinski definition) is 2. The van der Waals surface area contributed by atoms with E-state index in [-0.39, 0.29) is 18.0 Å². The van der Waals surface area contributed by atoms with Crippen molar-refractivity contribution in [1.29, 1.82) is 0 Å². The van der Waals surface area contributed by atoms with Gasteiger partial charge in [-0.25, -0.2) is 0 Å². The number of rotatable bonds is 5. The lowest BCUT2D eigenvalue weighted by Gasteiger charge is -2.42. The maximum atomic E-state index is 12.1. The van der Waals surface area contributed by atoms with Crippen LogP contribution in [0.4, 0.5) is 13.2 Å². The largest absolute Gasteiger partial charge is 0.389 e. The minimum Gasteiger partial charge on any atom is -0.314 e. The summed E-state index contributed by atoms with van der Waals surface area (Å²) in [6, 6.07) is 0.258. The van der Waals surface area contributed by atoms with Crippen LogP contribution in [0.15, 0.2) is 0 Å². The molecular formula is C13H25F3N2. The molecule has 0 saturated carbocycles. The van der Waals surface area contributed by atoms with Crippen molar-refractivity contribution in [3.63, 3.8) is 0 Å². The number of hydrogen-bond donors (Lipinski definition) is 1. The van der Waals surface area contributed by atoms with Crippen LogP contribution in [0.1, 0.15) is 46.0 Å². The first kappa shape index (κ1) is 15.8. The van der Waals surface area contributed by atoms with E-state index < -0.39 is 12.6 Å². The summed E-state index contributed by atoms with van der Waals surface area (Å²) in [6.07, 6.45) is -1.66. The molecule has 0 aromatic heterocycles. The maximum absolute atomic E-state index is 12.1. The SMILES string of the molecule is CNC1(C)CCN(C(C)CCCC(F)(F)F)CC1. The monoisotopic (exact) mass is 266 g/mol. The molecule has 5 heteroatoms. The highest BCUT2D eigenvalue weighted by molar-refractivity contribution is 4.89. The third kappa shape index (κ3) is 5.14. The van der Waals surface area contributed by atoms with Crippen molar-refractivity contribution in [3.05, 3.63) is 0 Å². The Balaban J connectivity index is 2.26. The van der Waals surface area contributed by atoms with Crippen molar-refractivity contribution in [1.82, 2.24) is 10.2 Å². The number of likely N-dealkylation sites (tertiary alicyclic amines) is 1. The first-order valence-corrected chi connectivity index (χ1v) is 6.75. The van der Waals surface area contributed by atoms with Gasteiger partial charge in [0.2, 0.25) is 0 Å². The van der Waals surface area contributed by atoms with E-state index in [9.17, 15) is 13.2 Å². The Labute approximate surface area is 108 Å². The Morgan fingerprint density at radius 3 is 2.28 bits per heavy atom. The fourth-order valence-electron chi connectivity index (χ4n) is 2.49. The quantitative estimate of drug-likeness (QED) is 0.822. The van der Waals surface area contributed by atoms with E-state index in [1.54, 1.807) is 0 Å². The van der Waals surface area contributed by atoms with Crippen molar-refractivity contribution >= 4 is 0 Å². The van der Waals surface area contributed by atoms with Gasteiger partial charge in [0, 0.05) is 31.1 Å². The summed E-state index contributed by atoms with van der Waals surface area (Å²) in [7, 11) is 1.97. The third-order valence-electron chi connectivity index (χ3n) is 4.21. The normalized spacial score (nSPS) is 23.0. The highest BCUT2D eigenvalue weighted by atomic mass is 19.4. The zero-order chi connectivity index (χ0) is 13.8. The number of alkyl halides is 3. The Bertz CT molecular complexity index is 245. The van der Waals surface area contributed by atoms with Crippen molar-refractivity contribution in [2.24, 2.45) is 0 Å². The molecule has 1 saturated heterocycles. The van der Waals surface area contributed by atoms with Crippen LogP contribution in [0, 0.1) is 0 Å². The molecular weight excluding hydrogens is 241 g/mol. The second kappa shape index (κ2) is 6.24. The molecule has 1 unspecified atom stereocenters. The van der Waals surface area contributed by atoms with Gasteiger partial charge in [0.05, 0.1) is 0 Å². The molecule has 1 aliphatic heterocycles. The highest BCUT2D eigenvalue weighted by Gasteiger charge is 2.31. The van der Waals surface area contributed by atoms with Gasteiger partial charge >= 0.3 is 6.18 Å². The summed E-state index contributed by atoms with van der Waals surface area (Å²) in [6.45, 7) is 6.20. The fourth-order valence-corrected chi connectivity index (χ4v) is 2.49. The lowest BCUT2D eigenvalue weighted by molar-refractivity contribution is -0.136. The second-order valence-corrected chi connectivity index (χ2v) is 5.70. The molecule has 18 heavy (non-hydrogen) atoms. The highest BCUT2D eigenvalue weighted by Crippen LogP contribution is 2.26.